The number of ether oxygens (including phenoxy) is 19. The minimum absolute atomic E-state index is 0.0754. The normalized spacial score (nSPS) is 12.6. The Labute approximate surface area is 551 Å². The van der Waals surface area contributed by atoms with Crippen molar-refractivity contribution in [2.75, 3.05) is 218 Å². The van der Waals surface area contributed by atoms with Crippen molar-refractivity contribution in [3.63, 3.8) is 0 Å². The van der Waals surface area contributed by atoms with E-state index in [2.05, 4.69) is 26.3 Å². The van der Waals surface area contributed by atoms with Crippen molar-refractivity contribution < 1.29 is 114 Å². The molecular formula is C62H117N7O24. The van der Waals surface area contributed by atoms with Gasteiger partial charge in [0.05, 0.1) is 218 Å². The summed E-state index contributed by atoms with van der Waals surface area (Å²) in [7, 11) is 0. The second kappa shape index (κ2) is 57.8. The van der Waals surface area contributed by atoms with Gasteiger partial charge in [0.25, 0.3) is 0 Å². The third kappa shape index (κ3) is 59.8. The van der Waals surface area contributed by atoms with Gasteiger partial charge < -0.3 is 112 Å². The summed E-state index contributed by atoms with van der Waals surface area (Å²) >= 11 is 0. The van der Waals surface area contributed by atoms with Gasteiger partial charge in [0.15, 0.2) is 0 Å². The van der Waals surface area contributed by atoms with Gasteiger partial charge in [0.2, 0.25) is 5.91 Å². The summed E-state index contributed by atoms with van der Waals surface area (Å²) in [5, 5.41) is 16.4. The molecule has 544 valence electrons. The van der Waals surface area contributed by atoms with Crippen LogP contribution in [0.1, 0.15) is 107 Å². The number of hydrogen-bond donors (Lipinski definition) is 4. The Hall–Kier alpha value is -4.39. The number of esters is 3. The molecule has 0 bridgehead atoms. The lowest BCUT2D eigenvalue weighted by molar-refractivity contribution is -0.159. The van der Waals surface area contributed by atoms with Crippen molar-refractivity contribution in [3.05, 3.63) is 11.9 Å². The second-order valence-electron chi connectivity index (χ2n) is 23.5. The fourth-order valence-electron chi connectivity index (χ4n) is 7.35. The molecule has 0 aliphatic rings. The van der Waals surface area contributed by atoms with Crippen LogP contribution in [0.2, 0.25) is 0 Å². The van der Waals surface area contributed by atoms with Crippen LogP contribution in [0.5, 0.6) is 0 Å². The molecule has 1 heterocycles. The van der Waals surface area contributed by atoms with E-state index in [-0.39, 0.29) is 38.2 Å². The zero-order valence-corrected chi connectivity index (χ0v) is 57.4. The van der Waals surface area contributed by atoms with Crippen LogP contribution in [0.25, 0.3) is 0 Å². The highest BCUT2D eigenvalue weighted by atomic mass is 16.6. The van der Waals surface area contributed by atoms with Gasteiger partial charge in [-0.3, -0.25) is 14.3 Å². The number of carbonyl (C=O) groups excluding carboxylic acids is 5. The maximum absolute atomic E-state index is 13.3. The van der Waals surface area contributed by atoms with E-state index < -0.39 is 52.8 Å². The average molecular weight is 1340 g/mol. The predicted octanol–water partition coefficient (Wildman–Crippen LogP) is 2.52. The zero-order valence-electron chi connectivity index (χ0n) is 57.4. The van der Waals surface area contributed by atoms with Gasteiger partial charge in [-0.25, -0.2) is 14.4 Å². The highest BCUT2D eigenvalue weighted by Crippen LogP contribution is 2.16. The molecule has 1 rings (SSSR count). The summed E-state index contributed by atoms with van der Waals surface area (Å²) in [6, 6.07) is -3.01. The number of urea groups is 1. The van der Waals surface area contributed by atoms with Crippen molar-refractivity contribution in [2.24, 2.45) is 5.73 Å². The monoisotopic (exact) mass is 1340 g/mol. The van der Waals surface area contributed by atoms with Gasteiger partial charge in [-0.2, -0.15) is 0 Å². The number of unbranched alkanes of at least 4 members (excludes halogenated alkanes) is 1. The third-order valence-corrected chi connectivity index (χ3v) is 11.5. The lowest BCUT2D eigenvalue weighted by atomic mass is 10.1. The summed E-state index contributed by atoms with van der Waals surface area (Å²) in [4.78, 5) is 64.0. The summed E-state index contributed by atoms with van der Waals surface area (Å²) in [5.74, 6) is -2.00. The molecule has 31 heteroatoms. The first kappa shape index (κ1) is 86.6. The first-order chi connectivity index (χ1) is 44.7. The second-order valence-corrected chi connectivity index (χ2v) is 23.5. The summed E-state index contributed by atoms with van der Waals surface area (Å²) in [5.41, 5.74) is 3.60. The molecule has 3 amide bonds. The fourth-order valence-corrected chi connectivity index (χ4v) is 7.35. The van der Waals surface area contributed by atoms with E-state index in [1.807, 2.05) is 0 Å². The van der Waals surface area contributed by atoms with Crippen molar-refractivity contribution in [1.82, 2.24) is 30.9 Å². The molecule has 0 spiro atoms. The molecule has 1 aromatic rings. The van der Waals surface area contributed by atoms with Crippen LogP contribution in [0.4, 0.5) is 4.79 Å². The van der Waals surface area contributed by atoms with E-state index in [9.17, 15) is 24.0 Å². The maximum Gasteiger partial charge on any atom is 0.329 e. The molecule has 0 aliphatic heterocycles. The molecule has 0 unspecified atom stereocenters. The maximum atomic E-state index is 13.3. The summed E-state index contributed by atoms with van der Waals surface area (Å²) < 4.78 is 106. The molecule has 5 N–H and O–H groups in total. The van der Waals surface area contributed by atoms with Crippen LogP contribution in [-0.2, 0) is 122 Å². The van der Waals surface area contributed by atoms with Gasteiger partial charge >= 0.3 is 23.9 Å². The third-order valence-electron chi connectivity index (χ3n) is 11.5. The van der Waals surface area contributed by atoms with Crippen LogP contribution >= 0.6 is 0 Å². The smallest absolute Gasteiger partial charge is 0.329 e. The molecule has 93 heavy (non-hydrogen) atoms. The number of aryl methyl sites for hydroxylation is 1. The Morgan fingerprint density at radius 1 is 0.419 bits per heavy atom. The minimum atomic E-state index is -1.19. The lowest BCUT2D eigenvalue weighted by Gasteiger charge is -2.27. The Balaban J connectivity index is 1.94. The van der Waals surface area contributed by atoms with Crippen molar-refractivity contribution in [2.45, 2.75) is 143 Å². The zero-order chi connectivity index (χ0) is 68.4. The Kier molecular flexibility index (Phi) is 53.9. The first-order valence-electron chi connectivity index (χ1n) is 32.5. The number of amides is 3. The Bertz CT molecular complexity index is 1980. The average Bonchev–Trinajstić information content (AvgIpc) is 1.37. The van der Waals surface area contributed by atoms with E-state index in [0.29, 0.717) is 243 Å². The quantitative estimate of drug-likeness (QED) is 0.0413. The SMILES string of the molecule is CC(C)(C)OC(=O)CC[C@H](NC(=O)N[C@@H](CCCCn1cc(COCCOCCOCCOCCOCCOCCOCCOCCNC(=O)CCOCCOCCOCCOCCOCCOCCOCCOCCN)nn1)C(=O)OC(C)(C)C)C(=O)OC(C)(C)C. The van der Waals surface area contributed by atoms with Crippen LogP contribution in [0, 0.1) is 0 Å². The number of rotatable bonds is 64. The van der Waals surface area contributed by atoms with Crippen molar-refractivity contribution in [3.8, 4) is 0 Å². The van der Waals surface area contributed by atoms with E-state index in [4.69, 9.17) is 95.7 Å². The van der Waals surface area contributed by atoms with Crippen molar-refractivity contribution in [1.29, 1.82) is 0 Å². The van der Waals surface area contributed by atoms with E-state index >= 15 is 0 Å². The molecule has 0 saturated carbocycles. The molecular weight excluding hydrogens is 1230 g/mol. The number of nitrogens with one attached hydrogen (secondary N) is 3. The van der Waals surface area contributed by atoms with Gasteiger partial charge in [0.1, 0.15) is 34.6 Å². The van der Waals surface area contributed by atoms with Gasteiger partial charge in [0, 0.05) is 32.5 Å². The fraction of sp³-hybridized carbons (Fsp3) is 0.887. The van der Waals surface area contributed by atoms with Gasteiger partial charge in [-0.05, 0) is 88.0 Å². The first-order valence-corrected chi connectivity index (χ1v) is 32.5. The highest BCUT2D eigenvalue weighted by Gasteiger charge is 2.31. The molecule has 2 atom stereocenters. The topological polar surface area (TPSA) is 354 Å². The number of nitrogens with two attached hydrogens (primary N) is 1. The largest absolute Gasteiger partial charge is 0.460 e. The molecule has 0 aliphatic carbocycles. The van der Waals surface area contributed by atoms with Crippen LogP contribution in [0.15, 0.2) is 6.20 Å². The molecule has 0 fully saturated rings. The number of nitrogens with zero attached hydrogens (tertiary/aromatic N) is 3. The predicted molar refractivity (Wildman–Crippen MR) is 339 cm³/mol. The van der Waals surface area contributed by atoms with Crippen molar-refractivity contribution >= 4 is 29.8 Å². The molecule has 0 radical (unpaired) electrons. The Morgan fingerprint density at radius 3 is 1.12 bits per heavy atom. The minimum Gasteiger partial charge on any atom is -0.460 e. The van der Waals surface area contributed by atoms with Crippen LogP contribution in [-0.4, -0.2) is 292 Å². The lowest BCUT2D eigenvalue weighted by Crippen LogP contribution is -2.53. The molecule has 0 saturated heterocycles. The number of carbonyl (C=O) groups is 5. The highest BCUT2D eigenvalue weighted by molar-refractivity contribution is 5.87. The summed E-state index contributed by atoms with van der Waals surface area (Å²) in [6.07, 6.45) is 3.15. The van der Waals surface area contributed by atoms with E-state index in [1.54, 1.807) is 73.2 Å². The number of aromatic nitrogens is 3. The molecule has 1 aromatic heterocycles. The summed E-state index contributed by atoms with van der Waals surface area (Å²) in [6.45, 7) is 30.7. The van der Waals surface area contributed by atoms with E-state index in [0.717, 1.165) is 0 Å². The Morgan fingerprint density at radius 2 is 0.753 bits per heavy atom. The van der Waals surface area contributed by atoms with Crippen LogP contribution in [0.3, 0.4) is 0 Å². The number of hydrogen-bond acceptors (Lipinski definition) is 27. The van der Waals surface area contributed by atoms with Gasteiger partial charge in [-0.1, -0.05) is 5.21 Å². The standard InChI is InChI=1S/C62H117N7O24/c1-60(2,3)91-56(71)14-13-54(58(73)93-62(7,8)9)66-59(74)65-53(57(72)92-61(4,5)6)12-10-11-18-69-50-52(67-68-69)51-90-49-48-89-47-46-88-45-44-87-43-42-86-39-36-83-33-30-80-27-24-77-21-17-64-55(70)15-19-75-22-25-78-28-31-81-34-37-84-40-41-85-38-35-82-32-29-79-26-23-76-20-16-63/h50,53-54H,10-49,51,63H2,1-9H3,(H,64,70)(H2,65,66,74)/t53-,54-/m0/s1. The van der Waals surface area contributed by atoms with Crippen LogP contribution < -0.4 is 21.7 Å². The van der Waals surface area contributed by atoms with E-state index in [1.165, 1.54) is 0 Å². The molecule has 0 aromatic carbocycles. The van der Waals surface area contributed by atoms with Gasteiger partial charge in [-0.15, -0.1) is 5.10 Å². The molecule has 31 nitrogen and oxygen atoms in total.